The fourth-order valence-electron chi connectivity index (χ4n) is 16.3. The van der Waals surface area contributed by atoms with Crippen LogP contribution in [0.1, 0.15) is 470 Å². The number of nitrogens with zero attached hydrogens (tertiary/aromatic N) is 12. The summed E-state index contributed by atoms with van der Waals surface area (Å²) in [4.78, 5) is 37.3. The van der Waals surface area contributed by atoms with Crippen molar-refractivity contribution in [2.45, 2.75) is 483 Å². The van der Waals surface area contributed by atoms with Crippen LogP contribution >= 0.6 is 11.3 Å². The van der Waals surface area contributed by atoms with E-state index >= 15 is 0 Å². The highest BCUT2D eigenvalue weighted by atomic mass is 32.1. The second-order valence-corrected chi connectivity index (χ2v) is 60.4. The molecule has 0 spiro atoms. The zero-order valence-electron chi connectivity index (χ0n) is 101. The van der Waals surface area contributed by atoms with Crippen molar-refractivity contribution in [3.8, 4) is 0 Å². The number of aromatic nitrogens is 8. The van der Waals surface area contributed by atoms with Crippen molar-refractivity contribution in [1.29, 1.82) is 0 Å². The Morgan fingerprint density at radius 3 is 1.13 bits per heavy atom. The number of benzene rings is 4. The maximum absolute atomic E-state index is 4.78. The Bertz CT molecular complexity index is 5400. The fourth-order valence-corrected chi connectivity index (χ4v) is 17.3. The van der Waals surface area contributed by atoms with Gasteiger partial charge in [-0.1, -0.05) is 358 Å². The lowest BCUT2D eigenvalue weighted by atomic mass is 9.79. The zero-order valence-corrected chi connectivity index (χ0v) is 102. The zero-order chi connectivity index (χ0) is 109. The summed E-state index contributed by atoms with van der Waals surface area (Å²) in [6, 6.07) is 37.9. The van der Waals surface area contributed by atoms with Crippen molar-refractivity contribution >= 4 is 43.9 Å². The molecule has 0 atom stereocenters. The molecule has 13 heteroatoms. The lowest BCUT2D eigenvalue weighted by Gasteiger charge is -2.46. The number of fused-ring (bicyclic) bond motifs is 5. The number of pyridine rings is 2. The molecule has 4 aliphatic rings. The van der Waals surface area contributed by atoms with Gasteiger partial charge in [-0.15, -0.1) is 11.3 Å². The largest absolute Gasteiger partial charge is 0.342 e. The summed E-state index contributed by atoms with van der Waals surface area (Å²) in [5, 5.41) is 6.93. The second kappa shape index (κ2) is 46.1. The van der Waals surface area contributed by atoms with Gasteiger partial charge in [0.25, 0.3) is 0 Å². The van der Waals surface area contributed by atoms with Crippen LogP contribution in [-0.4, -0.2) is 97.7 Å². The molecule has 10 aromatic rings. The van der Waals surface area contributed by atoms with Crippen molar-refractivity contribution in [1.82, 2.24) is 49.1 Å². The Morgan fingerprint density at radius 1 is 0.326 bits per heavy atom. The summed E-state index contributed by atoms with van der Waals surface area (Å²) in [7, 11) is 0. The first-order chi connectivity index (χ1) is 63.2. The quantitative estimate of drug-likeness (QED) is 0.147. The van der Waals surface area contributed by atoms with Gasteiger partial charge in [0, 0.05) is 152 Å². The van der Waals surface area contributed by atoms with Gasteiger partial charge in [0.05, 0.1) is 45.7 Å². The van der Waals surface area contributed by atoms with Gasteiger partial charge in [0.1, 0.15) is 5.82 Å². The minimum absolute atomic E-state index is 0.0381. The molecule has 0 saturated carbocycles. The number of rotatable bonds is 0. The molecule has 0 unspecified atom stereocenters. The summed E-state index contributed by atoms with van der Waals surface area (Å²) in [5.74, 6) is 1.75. The molecular formula is C128H206N12S. The van der Waals surface area contributed by atoms with E-state index in [2.05, 4.69) is 536 Å². The van der Waals surface area contributed by atoms with Gasteiger partial charge in [-0.25, -0.2) is 15.0 Å². The highest BCUT2D eigenvalue weighted by Crippen LogP contribution is 2.42. The Morgan fingerprint density at radius 2 is 0.752 bits per heavy atom. The summed E-state index contributed by atoms with van der Waals surface area (Å²) in [6.07, 6.45) is 16.6. The van der Waals surface area contributed by atoms with Crippen LogP contribution in [0.2, 0.25) is 0 Å². The molecule has 0 radical (unpaired) electrons. The van der Waals surface area contributed by atoms with Gasteiger partial charge in [-0.2, -0.15) is 5.10 Å². The first-order valence-corrected chi connectivity index (χ1v) is 53.7. The average molecular weight is 1950 g/mol. The number of hydrogen-bond donors (Lipinski definition) is 0. The highest BCUT2D eigenvalue weighted by Gasteiger charge is 2.36. The van der Waals surface area contributed by atoms with Crippen LogP contribution < -0.4 is 0 Å². The van der Waals surface area contributed by atoms with Crippen molar-refractivity contribution in [2.75, 3.05) is 26.2 Å². The summed E-state index contributed by atoms with van der Waals surface area (Å²) < 4.78 is 5.66. The molecule has 1 saturated heterocycles. The lowest BCUT2D eigenvalue weighted by Crippen LogP contribution is -2.57. The molecule has 0 bridgehead atoms. The number of aliphatic imine (C=N–C) groups is 2. The summed E-state index contributed by atoms with van der Waals surface area (Å²) in [6.45, 7) is 129. The minimum atomic E-state index is 0.0381. The maximum atomic E-state index is 4.78. The number of thiazole rings is 1. The van der Waals surface area contributed by atoms with Crippen LogP contribution in [-0.2, 0) is 91.2 Å². The Balaban J connectivity index is 0.000000278. The first-order valence-electron chi connectivity index (χ1n) is 52.9. The number of hydrogen-bond acceptors (Lipinski definition) is 11. The minimum Gasteiger partial charge on any atom is -0.342 e. The van der Waals surface area contributed by atoms with Crippen LogP contribution in [0.4, 0.5) is 0 Å². The molecular weight excluding hydrogens is 1740 g/mol. The Labute approximate surface area is 869 Å². The van der Waals surface area contributed by atoms with Crippen molar-refractivity contribution < 1.29 is 0 Å². The first kappa shape index (κ1) is 124. The van der Waals surface area contributed by atoms with Crippen LogP contribution in [0.25, 0.3) is 21.1 Å². The van der Waals surface area contributed by atoms with Crippen LogP contribution in [0.3, 0.4) is 0 Å². The molecule has 1 aliphatic carbocycles. The fraction of sp³-hybridized carbons (Fsp3) is 0.641. The second-order valence-electron chi connectivity index (χ2n) is 59.3. The topological polar surface area (TPSA) is 118 Å². The van der Waals surface area contributed by atoms with E-state index in [0.29, 0.717) is 21.9 Å². The third-order valence-corrected chi connectivity index (χ3v) is 27.3. The van der Waals surface area contributed by atoms with Gasteiger partial charge in [0.2, 0.25) is 0 Å². The van der Waals surface area contributed by atoms with E-state index < -0.39 is 0 Å². The van der Waals surface area contributed by atoms with E-state index in [4.69, 9.17) is 15.0 Å². The Hall–Kier alpha value is -7.84. The molecule has 4 aromatic carbocycles. The van der Waals surface area contributed by atoms with Crippen LogP contribution in [0.15, 0.2) is 156 Å². The van der Waals surface area contributed by atoms with Crippen LogP contribution in [0.5, 0.6) is 0 Å². The van der Waals surface area contributed by atoms with Gasteiger partial charge in [-0.05, 0) is 243 Å². The van der Waals surface area contributed by atoms with Gasteiger partial charge in [0.15, 0.2) is 0 Å². The SMILES string of the molecule is CC(C)(C)C.CC(C)(C)C1=NCc2c1ccnc2C(C)(C)C.CC(C)(C)C1=NCc2cc(C(C)(C)C)ccc21.CC(C)(C)C1Cc2ccccc2C1.CC(C)(C)N1CCN(C(C)(C)C)CC1.CC(C)(C)c1ccc(C(C)(C)C)nc1.CC(C)(C)c1ccc2c(ccn2C(C)(C)C)c1.CC(C)(C)c1ccc2sc(C(C)(C)C)nc2c1.CC(C)(C)c1cnc(C(C)(C)C)nc1.CC(C)(C)c1cnn(C(C)(C)C)c1. The molecule has 14 rings (SSSR count). The predicted molar refractivity (Wildman–Crippen MR) is 622 cm³/mol. The average Bonchev–Trinajstić information content (AvgIpc) is 1.63. The molecule has 0 N–H and O–H groups in total. The van der Waals surface area contributed by atoms with E-state index in [1.807, 2.05) is 47.0 Å². The predicted octanol–water partition coefficient (Wildman–Crippen LogP) is 35.0. The molecule has 0 amide bonds. The van der Waals surface area contributed by atoms with E-state index in [9.17, 15) is 0 Å². The van der Waals surface area contributed by atoms with Gasteiger partial charge >= 0.3 is 0 Å². The molecule has 3 aliphatic heterocycles. The van der Waals surface area contributed by atoms with Crippen molar-refractivity contribution in [3.63, 3.8) is 0 Å². The molecule has 6 aromatic heterocycles. The third-order valence-electron chi connectivity index (χ3n) is 25.8. The molecule has 784 valence electrons. The molecule has 141 heavy (non-hydrogen) atoms. The van der Waals surface area contributed by atoms with Crippen molar-refractivity contribution in [2.24, 2.45) is 37.6 Å². The highest BCUT2D eigenvalue weighted by molar-refractivity contribution is 7.18. The van der Waals surface area contributed by atoms with Gasteiger partial charge < -0.3 is 4.57 Å². The van der Waals surface area contributed by atoms with E-state index in [0.717, 1.165) is 36.0 Å². The molecule has 9 heterocycles. The maximum Gasteiger partial charge on any atom is 0.133 e. The smallest absolute Gasteiger partial charge is 0.133 e. The van der Waals surface area contributed by atoms with E-state index in [-0.39, 0.29) is 76.1 Å². The normalized spacial score (nSPS) is 15.1. The molecule has 12 nitrogen and oxygen atoms in total. The summed E-state index contributed by atoms with van der Waals surface area (Å²) in [5.41, 5.74) is 27.5. The van der Waals surface area contributed by atoms with E-state index in [1.54, 1.807) is 11.1 Å². The monoisotopic (exact) mass is 1940 g/mol. The van der Waals surface area contributed by atoms with E-state index in [1.165, 1.54) is 132 Å². The lowest BCUT2D eigenvalue weighted by molar-refractivity contribution is 0.0211. The Kier molecular flexibility index (Phi) is 40.4. The third kappa shape index (κ3) is 38.8. The number of piperazine rings is 1. The molecule has 1 fully saturated rings. The van der Waals surface area contributed by atoms with Crippen LogP contribution in [0, 0.1) is 27.6 Å². The van der Waals surface area contributed by atoms with Crippen molar-refractivity contribution in [3.05, 3.63) is 235 Å². The summed E-state index contributed by atoms with van der Waals surface area (Å²) >= 11 is 1.81. The standard InChI is InChI=1S/2C16H23N.C15H22N2.C15H21NS.C13H21N.C13H18.C12H26N2.C12H20N2.C11H20N2.C5H12/c1-15(2,3)12-7-8-13-11(9-12)10-17-14(13)16(4,5)6;1-15(2,3)13-7-8-14-12(11-13)9-10-17(14)16(4,5)6;1-14(2,3)12-10-7-8-16-13(15(4,5)6)11(10)9-17-12;1-14(2,3)10-7-8-12-11(9-10)16-13(17-12)15(4,5)6;1-12(2,3)10-7-8-11(14-9-10)13(4,5)6;1-13(2,3)12-8-10-6-4-5-7-11(10)9-12;1-11(2,3)13-7-9-14(10-8-13)12(4,5)6;1-11(2,3)9-7-13-10(14-8-9)12(4,5)6;1-10(2,3)9-7-12-13(8-9)11(4,5)6;1-5(2,3)4/h7-9H,10H2,1-6H3;7-11H,1-6H3;7-8H,9H2,1-6H3;7-9H,1-6H3;7-9H,1-6H3;4-7,12H,8-9H2,1-3H3;7-10H2,1-6H3;7-8H,1-6H3;7-8H,1-6H3;1-4H3. The van der Waals surface area contributed by atoms with Gasteiger partial charge in [-0.3, -0.25) is 34.4 Å².